The van der Waals surface area contributed by atoms with Gasteiger partial charge in [0.2, 0.25) is 0 Å². The topological polar surface area (TPSA) is 101 Å². The smallest absolute Gasteiger partial charge is 0.261 e. The van der Waals surface area contributed by atoms with Gasteiger partial charge in [-0.05, 0) is 45.8 Å². The van der Waals surface area contributed by atoms with Crippen LogP contribution in [-0.2, 0) is 0 Å². The molecule has 2 saturated heterocycles. The van der Waals surface area contributed by atoms with E-state index in [1.807, 2.05) is 36.7 Å². The van der Waals surface area contributed by atoms with E-state index in [0.29, 0.717) is 48.2 Å². The van der Waals surface area contributed by atoms with Crippen LogP contribution in [0.3, 0.4) is 0 Å². The number of amides is 1. The van der Waals surface area contributed by atoms with Gasteiger partial charge in [-0.15, -0.1) is 0 Å². The maximum Gasteiger partial charge on any atom is 0.261 e. The number of carbonyl (C=O) groups excluding carboxylic acids is 1. The van der Waals surface area contributed by atoms with Gasteiger partial charge < -0.3 is 24.7 Å². The van der Waals surface area contributed by atoms with E-state index in [1.54, 1.807) is 23.0 Å². The first-order valence-electron chi connectivity index (χ1n) is 12.8. The van der Waals surface area contributed by atoms with E-state index in [4.69, 9.17) is 9.72 Å². The second-order valence-electron chi connectivity index (χ2n) is 10.4. The summed E-state index contributed by atoms with van der Waals surface area (Å²) in [6.45, 7) is 7.01. The number of piperidine rings is 1. The van der Waals surface area contributed by atoms with Crippen molar-refractivity contribution in [1.29, 1.82) is 0 Å². The molecule has 4 aromatic heterocycles. The molecule has 11 heteroatoms. The van der Waals surface area contributed by atoms with Gasteiger partial charge in [0.05, 0.1) is 18.0 Å². The zero-order valence-corrected chi connectivity index (χ0v) is 21.0. The predicted octanol–water partition coefficient (Wildman–Crippen LogP) is 2.91. The van der Waals surface area contributed by atoms with Crippen molar-refractivity contribution < 1.29 is 13.9 Å². The maximum absolute atomic E-state index is 14.5. The zero-order chi connectivity index (χ0) is 25.6. The molecule has 10 nitrogen and oxygen atoms in total. The number of alkyl halides is 1. The van der Waals surface area contributed by atoms with Crippen LogP contribution in [0, 0.1) is 0 Å². The van der Waals surface area contributed by atoms with Crippen molar-refractivity contribution in [1.82, 2.24) is 34.2 Å². The second-order valence-corrected chi connectivity index (χ2v) is 10.4. The summed E-state index contributed by atoms with van der Waals surface area (Å²) in [5.74, 6) is 0.542. The predicted molar refractivity (Wildman–Crippen MR) is 137 cm³/mol. The second kappa shape index (κ2) is 9.38. The van der Waals surface area contributed by atoms with Crippen LogP contribution in [0.15, 0.2) is 43.1 Å². The van der Waals surface area contributed by atoms with Crippen molar-refractivity contribution in [2.75, 3.05) is 38.0 Å². The molecule has 0 aromatic carbocycles. The normalized spacial score (nSPS) is 18.4. The third kappa shape index (κ3) is 4.76. The fourth-order valence-electron chi connectivity index (χ4n) is 5.15. The largest absolute Gasteiger partial charge is 0.489 e. The van der Waals surface area contributed by atoms with Gasteiger partial charge in [-0.1, -0.05) is 0 Å². The molecule has 37 heavy (non-hydrogen) atoms. The molecule has 2 aliphatic heterocycles. The SMILES string of the molecule is CC(C)Oc1cc2nc(C3CCN(CC4(F)CNC4)CC3)cn2cc1NC(=O)c1cnn2cccnc12. The summed E-state index contributed by atoms with van der Waals surface area (Å²) in [6.07, 6.45) is 10.5. The average Bonchev–Trinajstić information content (AvgIpc) is 3.47. The van der Waals surface area contributed by atoms with Gasteiger partial charge in [0.1, 0.15) is 28.3 Å². The van der Waals surface area contributed by atoms with Gasteiger partial charge in [0.15, 0.2) is 5.65 Å². The van der Waals surface area contributed by atoms with Crippen molar-refractivity contribution in [3.05, 3.63) is 54.4 Å². The number of aromatic nitrogens is 5. The number of likely N-dealkylation sites (tertiary alicyclic amines) is 1. The molecule has 2 fully saturated rings. The van der Waals surface area contributed by atoms with Crippen molar-refractivity contribution in [3.63, 3.8) is 0 Å². The minimum absolute atomic E-state index is 0.0832. The van der Waals surface area contributed by atoms with E-state index in [9.17, 15) is 9.18 Å². The van der Waals surface area contributed by atoms with Gasteiger partial charge in [0.25, 0.3) is 5.91 Å². The van der Waals surface area contributed by atoms with Crippen LogP contribution < -0.4 is 15.4 Å². The number of nitrogens with one attached hydrogen (secondary N) is 2. The van der Waals surface area contributed by atoms with E-state index in [1.165, 1.54) is 6.20 Å². The number of rotatable bonds is 7. The number of carbonyl (C=O) groups is 1. The van der Waals surface area contributed by atoms with Crippen LogP contribution in [0.1, 0.15) is 48.7 Å². The number of imidazole rings is 1. The summed E-state index contributed by atoms with van der Waals surface area (Å²) in [5.41, 5.74) is 2.08. The van der Waals surface area contributed by atoms with E-state index in [-0.39, 0.29) is 12.0 Å². The lowest BCUT2D eigenvalue weighted by Gasteiger charge is -2.41. The molecule has 6 rings (SSSR count). The molecule has 0 aliphatic carbocycles. The fraction of sp³-hybridized carbons (Fsp3) is 0.462. The van der Waals surface area contributed by atoms with Crippen LogP contribution in [0.4, 0.5) is 10.1 Å². The fourth-order valence-corrected chi connectivity index (χ4v) is 5.15. The Morgan fingerprint density at radius 2 is 2.11 bits per heavy atom. The molecule has 4 aromatic rings. The highest BCUT2D eigenvalue weighted by Crippen LogP contribution is 2.32. The highest BCUT2D eigenvalue weighted by atomic mass is 19.1. The summed E-state index contributed by atoms with van der Waals surface area (Å²) in [4.78, 5) is 24.5. The molecule has 0 radical (unpaired) electrons. The number of hydrogen-bond donors (Lipinski definition) is 2. The van der Waals surface area contributed by atoms with E-state index in [0.717, 1.165) is 37.3 Å². The van der Waals surface area contributed by atoms with E-state index in [2.05, 4.69) is 25.6 Å². The molecule has 194 valence electrons. The number of nitrogens with zero attached hydrogens (tertiary/aromatic N) is 6. The molecular formula is C26H31FN8O2. The molecule has 2 aliphatic rings. The van der Waals surface area contributed by atoms with Gasteiger partial charge in [-0.2, -0.15) is 5.10 Å². The highest BCUT2D eigenvalue weighted by Gasteiger charge is 2.39. The number of fused-ring (bicyclic) bond motifs is 2. The third-order valence-corrected chi connectivity index (χ3v) is 7.10. The Labute approximate surface area is 213 Å². The van der Waals surface area contributed by atoms with Crippen LogP contribution in [-0.4, -0.2) is 79.3 Å². The average molecular weight is 507 g/mol. The van der Waals surface area contributed by atoms with Gasteiger partial charge in [0, 0.05) is 56.4 Å². The number of halogens is 1. The van der Waals surface area contributed by atoms with E-state index < -0.39 is 5.67 Å². The molecule has 0 unspecified atom stereocenters. The van der Waals surface area contributed by atoms with E-state index >= 15 is 0 Å². The van der Waals surface area contributed by atoms with Crippen molar-refractivity contribution in [3.8, 4) is 5.75 Å². The number of ether oxygens (including phenoxy) is 1. The Hall–Kier alpha value is -3.57. The standard InChI is InChI=1S/C26H31FN8O2/c1-17(2)37-22-10-23-31-20(18-4-8-33(9-5-18)16-26(27)14-28-15-26)12-34(23)13-21(22)32-25(36)19-11-30-35-7-3-6-29-24(19)35/h3,6-7,10-13,17-18,28H,4-5,8-9,14-16H2,1-2H3,(H,32,36). The quantitative estimate of drug-likeness (QED) is 0.398. The van der Waals surface area contributed by atoms with Crippen molar-refractivity contribution in [2.24, 2.45) is 0 Å². The lowest BCUT2D eigenvalue weighted by Crippen LogP contribution is -2.62. The molecule has 6 heterocycles. The third-order valence-electron chi connectivity index (χ3n) is 7.10. The van der Waals surface area contributed by atoms with Crippen LogP contribution >= 0.6 is 0 Å². The summed E-state index contributed by atoms with van der Waals surface area (Å²) in [7, 11) is 0. The molecule has 0 bridgehead atoms. The van der Waals surface area contributed by atoms with Gasteiger partial charge in [-0.25, -0.2) is 18.9 Å². The molecule has 0 saturated carbocycles. The summed E-state index contributed by atoms with van der Waals surface area (Å²) in [6, 6.07) is 3.62. The number of pyridine rings is 1. The lowest BCUT2D eigenvalue weighted by atomic mass is 9.92. The Morgan fingerprint density at radius 1 is 1.30 bits per heavy atom. The monoisotopic (exact) mass is 506 g/mol. The van der Waals surface area contributed by atoms with Crippen molar-refractivity contribution >= 4 is 22.9 Å². The first kappa shape index (κ1) is 23.8. The Bertz CT molecular complexity index is 1440. The minimum atomic E-state index is -1.08. The minimum Gasteiger partial charge on any atom is -0.489 e. The first-order chi connectivity index (χ1) is 17.9. The maximum atomic E-state index is 14.5. The molecule has 2 N–H and O–H groups in total. The van der Waals surface area contributed by atoms with Crippen LogP contribution in [0.2, 0.25) is 0 Å². The molecule has 1 amide bonds. The Kier molecular flexibility index (Phi) is 6.04. The summed E-state index contributed by atoms with van der Waals surface area (Å²) < 4.78 is 24.0. The molecule has 0 atom stereocenters. The van der Waals surface area contributed by atoms with Crippen LogP contribution in [0.5, 0.6) is 5.75 Å². The van der Waals surface area contributed by atoms with Crippen LogP contribution in [0.25, 0.3) is 11.3 Å². The summed E-state index contributed by atoms with van der Waals surface area (Å²) in [5, 5.41) is 10.2. The molecule has 0 spiro atoms. The van der Waals surface area contributed by atoms with Crippen molar-refractivity contribution in [2.45, 2.75) is 44.4 Å². The Balaban J connectivity index is 1.22. The zero-order valence-electron chi connectivity index (χ0n) is 21.0. The van der Waals surface area contributed by atoms with Gasteiger partial charge in [-0.3, -0.25) is 4.79 Å². The first-order valence-corrected chi connectivity index (χ1v) is 12.8. The summed E-state index contributed by atoms with van der Waals surface area (Å²) >= 11 is 0. The number of anilines is 1. The highest BCUT2D eigenvalue weighted by molar-refractivity contribution is 6.08. The molecular weight excluding hydrogens is 475 g/mol. The lowest BCUT2D eigenvalue weighted by molar-refractivity contribution is 0.0336. The Morgan fingerprint density at radius 3 is 2.84 bits per heavy atom. The van der Waals surface area contributed by atoms with Gasteiger partial charge >= 0.3 is 0 Å². The number of hydrogen-bond acceptors (Lipinski definition) is 7.